The van der Waals surface area contributed by atoms with E-state index in [2.05, 4.69) is 5.10 Å². The van der Waals surface area contributed by atoms with E-state index in [0.717, 1.165) is 10.2 Å². The average molecular weight is 464 g/mol. The first-order chi connectivity index (χ1) is 14.6. The van der Waals surface area contributed by atoms with Crippen LogP contribution in [-0.2, 0) is 23.0 Å². The number of hydrogen-bond acceptors (Lipinski definition) is 4. The first-order valence-corrected chi connectivity index (χ1v) is 10.9. The number of primary sulfonamides is 1. The van der Waals surface area contributed by atoms with Crippen LogP contribution < -0.4 is 50.9 Å². The molecular formula is C21H18FN4NaO4S. The first-order valence-electron chi connectivity index (χ1n) is 9.33. The van der Waals surface area contributed by atoms with E-state index in [1.165, 1.54) is 47.0 Å². The molecule has 0 fully saturated rings. The van der Waals surface area contributed by atoms with Gasteiger partial charge in [-0.05, 0) is 61.4 Å². The minimum Gasteiger partial charge on any atom is -0.587 e. The van der Waals surface area contributed by atoms with Gasteiger partial charge in [0.25, 0.3) is 0 Å². The standard InChI is InChI=1S/C21H19FN4O4S.Na/c1-13-20-18(24-26(21(20)28)16-6-4-15(22)5-7-16)12-19(27)25(13)11-10-14-2-8-17(9-3-14)31(23,29)30;/h2-9,12H,10-11H2,1H3,(H3,23,24,27,29,30);/q;+1/p-1. The van der Waals surface area contributed by atoms with Crippen LogP contribution >= 0.6 is 0 Å². The van der Waals surface area contributed by atoms with Crippen molar-refractivity contribution in [2.45, 2.75) is 24.8 Å². The van der Waals surface area contributed by atoms with Crippen molar-refractivity contribution in [2.24, 2.45) is 5.14 Å². The molecule has 8 nitrogen and oxygen atoms in total. The number of halogens is 1. The molecule has 0 aliphatic rings. The smallest absolute Gasteiger partial charge is 0.587 e. The molecule has 0 aliphatic heterocycles. The van der Waals surface area contributed by atoms with Crippen LogP contribution in [0.1, 0.15) is 11.3 Å². The van der Waals surface area contributed by atoms with Crippen molar-refractivity contribution < 1.29 is 42.4 Å². The van der Waals surface area contributed by atoms with Gasteiger partial charge in [0, 0.05) is 23.3 Å². The maximum atomic E-state index is 13.2. The summed E-state index contributed by atoms with van der Waals surface area (Å²) in [6, 6.07) is 12.7. The summed E-state index contributed by atoms with van der Waals surface area (Å²) in [5, 5.41) is 9.64. The van der Waals surface area contributed by atoms with E-state index in [1.54, 1.807) is 19.1 Å². The van der Waals surface area contributed by atoms with Gasteiger partial charge in [-0.2, -0.15) is 0 Å². The number of rotatable bonds is 5. The van der Waals surface area contributed by atoms with E-state index in [1.807, 2.05) is 0 Å². The van der Waals surface area contributed by atoms with Gasteiger partial charge in [0.1, 0.15) is 5.82 Å². The molecular weight excluding hydrogens is 446 g/mol. The van der Waals surface area contributed by atoms with Gasteiger partial charge in [0.15, 0.2) is 0 Å². The van der Waals surface area contributed by atoms with Crippen LogP contribution in [0.2, 0.25) is 0 Å². The second-order valence-corrected chi connectivity index (χ2v) is 8.67. The molecule has 4 aromatic rings. The van der Waals surface area contributed by atoms with Crippen LogP contribution in [0.4, 0.5) is 4.39 Å². The molecule has 0 atom stereocenters. The summed E-state index contributed by atoms with van der Waals surface area (Å²) in [5.41, 5.74) is 1.24. The van der Waals surface area contributed by atoms with Crippen molar-refractivity contribution in [2.75, 3.05) is 0 Å². The first kappa shape index (κ1) is 24.1. The number of benzene rings is 2. The zero-order chi connectivity index (χ0) is 22.3. The molecule has 2 aromatic carbocycles. The molecule has 4 rings (SSSR count). The number of pyridine rings is 1. The summed E-state index contributed by atoms with van der Waals surface area (Å²) in [6.45, 7) is 1.96. The van der Waals surface area contributed by atoms with Crippen LogP contribution in [0.3, 0.4) is 0 Å². The van der Waals surface area contributed by atoms with E-state index in [-0.39, 0.29) is 52.1 Å². The molecule has 0 amide bonds. The van der Waals surface area contributed by atoms with Gasteiger partial charge < -0.3 is 14.3 Å². The monoisotopic (exact) mass is 464 g/mol. The fourth-order valence-corrected chi connectivity index (χ4v) is 3.99. The van der Waals surface area contributed by atoms with Gasteiger partial charge in [-0.25, -0.2) is 17.9 Å². The molecule has 2 aromatic heterocycles. The van der Waals surface area contributed by atoms with Crippen LogP contribution in [0, 0.1) is 12.7 Å². The Labute approximate surface area is 204 Å². The Bertz CT molecular complexity index is 1510. The van der Waals surface area contributed by atoms with Gasteiger partial charge >= 0.3 is 29.6 Å². The number of nitrogens with zero attached hydrogens (tertiary/aromatic N) is 3. The normalized spacial score (nSPS) is 11.5. The van der Waals surface area contributed by atoms with Crippen LogP contribution in [0.25, 0.3) is 16.6 Å². The summed E-state index contributed by atoms with van der Waals surface area (Å²) in [6.07, 6.45) is 0.442. The minimum atomic E-state index is -3.77. The molecule has 2 heterocycles. The summed E-state index contributed by atoms with van der Waals surface area (Å²) in [4.78, 5) is 25.6. The topological polar surface area (TPSA) is 118 Å². The number of aromatic nitrogens is 3. The Morgan fingerprint density at radius 1 is 1.03 bits per heavy atom. The Morgan fingerprint density at radius 2 is 1.66 bits per heavy atom. The molecule has 11 heteroatoms. The van der Waals surface area contributed by atoms with Gasteiger partial charge in [0.05, 0.1) is 4.90 Å². The van der Waals surface area contributed by atoms with E-state index in [4.69, 9.17) is 5.14 Å². The molecule has 0 saturated heterocycles. The van der Waals surface area contributed by atoms with Crippen LogP contribution in [-0.4, -0.2) is 17.7 Å². The summed E-state index contributed by atoms with van der Waals surface area (Å²) in [5.74, 6) is -0.430. The van der Waals surface area contributed by atoms with Crippen LogP contribution in [0.5, 0.6) is 0 Å². The molecule has 0 spiro atoms. The Balaban J connectivity index is 0.00000289. The predicted molar refractivity (Wildman–Crippen MR) is 113 cm³/mol. The van der Waals surface area contributed by atoms with E-state index in [9.17, 15) is 22.4 Å². The third-order valence-electron chi connectivity index (χ3n) is 5.11. The Kier molecular flexibility index (Phi) is 6.91. The summed E-state index contributed by atoms with van der Waals surface area (Å²) < 4.78 is 38.6. The third kappa shape index (κ3) is 4.64. The number of sulfonamides is 1. The number of hydrogen-bond donors (Lipinski definition) is 1. The zero-order valence-corrected chi connectivity index (χ0v) is 20.3. The van der Waals surface area contributed by atoms with Crippen molar-refractivity contribution in [1.29, 1.82) is 0 Å². The Hall–Kier alpha value is -2.50. The largest absolute Gasteiger partial charge is 1.00 e. The van der Waals surface area contributed by atoms with Crippen LogP contribution in [0.15, 0.2) is 69.1 Å². The third-order valence-corrected chi connectivity index (χ3v) is 6.04. The average Bonchev–Trinajstić information content (AvgIpc) is 3.04. The zero-order valence-electron chi connectivity index (χ0n) is 17.4. The molecule has 0 aliphatic carbocycles. The second kappa shape index (κ2) is 9.16. The number of fused-ring (bicyclic) bond motifs is 1. The molecule has 32 heavy (non-hydrogen) atoms. The van der Waals surface area contributed by atoms with Crippen molar-refractivity contribution in [3.8, 4) is 5.69 Å². The second-order valence-electron chi connectivity index (χ2n) is 7.11. The maximum Gasteiger partial charge on any atom is 1.00 e. The molecule has 0 unspecified atom stereocenters. The van der Waals surface area contributed by atoms with E-state index in [0.29, 0.717) is 23.2 Å². The van der Waals surface area contributed by atoms with Crippen molar-refractivity contribution in [3.63, 3.8) is 0 Å². The summed E-state index contributed by atoms with van der Waals surface area (Å²) >= 11 is 0. The number of aryl methyl sites for hydroxylation is 2. The fraction of sp³-hybridized carbons (Fsp3) is 0.143. The molecule has 160 valence electrons. The molecule has 2 N–H and O–H groups in total. The van der Waals surface area contributed by atoms with Gasteiger partial charge in [0.2, 0.25) is 21.1 Å². The Morgan fingerprint density at radius 3 is 2.25 bits per heavy atom. The quantitative estimate of drug-likeness (QED) is 0.359. The van der Waals surface area contributed by atoms with Gasteiger partial charge in [-0.3, -0.25) is 9.59 Å². The maximum absolute atomic E-state index is 13.2. The van der Waals surface area contributed by atoms with E-state index >= 15 is 0 Å². The van der Waals surface area contributed by atoms with E-state index < -0.39 is 21.4 Å². The van der Waals surface area contributed by atoms with Crippen molar-refractivity contribution in [3.05, 3.63) is 92.4 Å². The van der Waals surface area contributed by atoms with Gasteiger partial charge in [-0.1, -0.05) is 12.1 Å². The molecule has 0 bridgehead atoms. The SMILES string of the molecule is Cc1c2c(=O)n(-c3ccc(F)cc3)[n-]c2cc(=O)n1CCc1ccc(S(N)(=O)=O)cc1.[Na+]. The minimum absolute atomic E-state index is 0. The summed E-state index contributed by atoms with van der Waals surface area (Å²) in [7, 11) is -3.77. The number of nitrogens with two attached hydrogens (primary N) is 1. The predicted octanol–water partition coefficient (Wildman–Crippen LogP) is -1.55. The molecule has 0 radical (unpaired) electrons. The molecule has 0 saturated carbocycles. The van der Waals surface area contributed by atoms with Gasteiger partial charge in [-0.15, -0.1) is 5.52 Å². The fourth-order valence-electron chi connectivity index (χ4n) is 3.48. The van der Waals surface area contributed by atoms with Crippen molar-refractivity contribution in [1.82, 2.24) is 14.3 Å². The van der Waals surface area contributed by atoms with Crippen molar-refractivity contribution >= 4 is 20.9 Å².